The maximum atomic E-state index is 10.7. The monoisotopic (exact) mass is 291 g/mol. The number of nitriles is 1. The fourth-order valence-corrected chi connectivity index (χ4v) is 3.71. The second-order valence-electron chi connectivity index (χ2n) is 5.82. The molecule has 1 atom stereocenters. The van der Waals surface area contributed by atoms with Crippen molar-refractivity contribution in [1.82, 2.24) is 0 Å². The Hall–Kier alpha value is -1.74. The molecule has 1 aliphatic heterocycles. The Morgan fingerprint density at radius 2 is 2.30 bits per heavy atom. The average molecular weight is 291 g/mol. The molecule has 1 unspecified atom stereocenters. The summed E-state index contributed by atoms with van der Waals surface area (Å²) in [5.74, 6) is 2.13. The van der Waals surface area contributed by atoms with Gasteiger partial charge >= 0.3 is 0 Å². The molecule has 1 aromatic rings. The fraction of sp³-hybridized carbons (Fsp3) is 0.500. The van der Waals surface area contributed by atoms with Crippen LogP contribution in [0.2, 0.25) is 0 Å². The van der Waals surface area contributed by atoms with Crippen LogP contribution in [0.5, 0.6) is 0 Å². The van der Waals surface area contributed by atoms with Crippen LogP contribution in [0.15, 0.2) is 18.2 Å². The normalized spacial score (nSPS) is 20.9. The zero-order chi connectivity index (χ0) is 14.8. The largest absolute Gasteiger partial charge is 0.380 e. The summed E-state index contributed by atoms with van der Waals surface area (Å²) >= 11 is 1.90. The standard InChI is InChI=1S/C14H17N3O2S/c1-14(2)6-11(8-20-9-14)16-13-4-3-12(17(18)19)5-10(13)7-15/h3-5,11,16H,6,8-9H2,1-2H3. The van der Waals surface area contributed by atoms with Crippen molar-refractivity contribution in [2.24, 2.45) is 5.41 Å². The van der Waals surface area contributed by atoms with Crippen LogP contribution < -0.4 is 5.32 Å². The summed E-state index contributed by atoms with van der Waals surface area (Å²) in [6.45, 7) is 4.46. The number of non-ortho nitro benzene ring substituents is 1. The van der Waals surface area contributed by atoms with Gasteiger partial charge in [-0.1, -0.05) is 13.8 Å². The molecule has 1 heterocycles. The molecule has 0 aromatic heterocycles. The molecule has 0 spiro atoms. The first-order chi connectivity index (χ1) is 9.41. The van der Waals surface area contributed by atoms with Crippen molar-refractivity contribution in [2.45, 2.75) is 26.3 Å². The SMILES string of the molecule is CC1(C)CSCC(Nc2ccc([N+](=O)[O-])cc2C#N)C1. The van der Waals surface area contributed by atoms with E-state index in [4.69, 9.17) is 5.26 Å². The molecule has 1 aromatic carbocycles. The van der Waals surface area contributed by atoms with Crippen LogP contribution in [0.3, 0.4) is 0 Å². The molecule has 20 heavy (non-hydrogen) atoms. The molecule has 5 nitrogen and oxygen atoms in total. The quantitative estimate of drug-likeness (QED) is 0.682. The Labute approximate surface area is 122 Å². The first kappa shape index (κ1) is 14.7. The van der Waals surface area contributed by atoms with Gasteiger partial charge in [-0.15, -0.1) is 0 Å². The molecule has 0 amide bonds. The second kappa shape index (κ2) is 5.71. The lowest BCUT2D eigenvalue weighted by molar-refractivity contribution is -0.384. The summed E-state index contributed by atoms with van der Waals surface area (Å²) in [5.41, 5.74) is 1.23. The van der Waals surface area contributed by atoms with Crippen LogP contribution in [0.4, 0.5) is 11.4 Å². The molecule has 1 aliphatic rings. The average Bonchev–Trinajstić information content (AvgIpc) is 2.37. The van der Waals surface area contributed by atoms with Gasteiger partial charge in [0.1, 0.15) is 6.07 Å². The Balaban J connectivity index is 2.17. The molecule has 1 fully saturated rings. The van der Waals surface area contributed by atoms with E-state index in [0.717, 1.165) is 17.9 Å². The van der Waals surface area contributed by atoms with Crippen molar-refractivity contribution in [3.63, 3.8) is 0 Å². The molecule has 106 valence electrons. The Bertz CT molecular complexity index is 566. The molecular formula is C14H17N3O2S. The first-order valence-corrected chi connectivity index (χ1v) is 7.59. The predicted octanol–water partition coefficient (Wildman–Crippen LogP) is 3.41. The van der Waals surface area contributed by atoms with E-state index in [1.165, 1.54) is 12.1 Å². The van der Waals surface area contributed by atoms with Gasteiger partial charge in [0.05, 0.1) is 16.2 Å². The van der Waals surface area contributed by atoms with Crippen LogP contribution in [-0.4, -0.2) is 22.5 Å². The second-order valence-corrected chi connectivity index (χ2v) is 6.85. The minimum absolute atomic E-state index is 0.0505. The van der Waals surface area contributed by atoms with E-state index in [1.807, 2.05) is 17.8 Å². The maximum Gasteiger partial charge on any atom is 0.270 e. The summed E-state index contributed by atoms with van der Waals surface area (Å²) in [7, 11) is 0. The zero-order valence-corrected chi connectivity index (χ0v) is 12.4. The number of nitrogens with one attached hydrogen (secondary N) is 1. The topological polar surface area (TPSA) is 79.0 Å². The lowest BCUT2D eigenvalue weighted by Gasteiger charge is -2.35. The third kappa shape index (κ3) is 3.42. The molecular weight excluding hydrogens is 274 g/mol. The van der Waals surface area contributed by atoms with Gasteiger partial charge in [0, 0.05) is 23.9 Å². The summed E-state index contributed by atoms with van der Waals surface area (Å²) in [4.78, 5) is 10.2. The van der Waals surface area contributed by atoms with Gasteiger partial charge in [-0.2, -0.15) is 17.0 Å². The Morgan fingerprint density at radius 3 is 2.90 bits per heavy atom. The summed E-state index contributed by atoms with van der Waals surface area (Å²) in [6.07, 6.45) is 1.03. The molecule has 2 rings (SSSR count). The third-order valence-electron chi connectivity index (χ3n) is 3.30. The molecule has 0 aliphatic carbocycles. The third-order valence-corrected chi connectivity index (χ3v) is 4.93. The molecule has 0 saturated carbocycles. The lowest BCUT2D eigenvalue weighted by Crippen LogP contribution is -2.35. The summed E-state index contributed by atoms with van der Waals surface area (Å²) in [6, 6.07) is 6.70. The number of nitro groups is 1. The van der Waals surface area contributed by atoms with E-state index in [0.29, 0.717) is 11.3 Å². The molecule has 1 saturated heterocycles. The van der Waals surface area contributed by atoms with Gasteiger partial charge in [-0.3, -0.25) is 10.1 Å². The van der Waals surface area contributed by atoms with E-state index < -0.39 is 4.92 Å². The van der Waals surface area contributed by atoms with Gasteiger partial charge in [0.15, 0.2) is 0 Å². The van der Waals surface area contributed by atoms with Crippen molar-refractivity contribution >= 4 is 23.1 Å². The molecule has 6 heteroatoms. The van der Waals surface area contributed by atoms with E-state index in [1.54, 1.807) is 6.07 Å². The smallest absolute Gasteiger partial charge is 0.270 e. The number of thioether (sulfide) groups is 1. The van der Waals surface area contributed by atoms with Crippen LogP contribution in [0, 0.1) is 26.9 Å². The van der Waals surface area contributed by atoms with Crippen molar-refractivity contribution in [1.29, 1.82) is 5.26 Å². The minimum Gasteiger partial charge on any atom is -0.380 e. The lowest BCUT2D eigenvalue weighted by atomic mass is 9.87. The highest BCUT2D eigenvalue weighted by Gasteiger charge is 2.28. The Kier molecular flexibility index (Phi) is 4.19. The number of hydrogen-bond donors (Lipinski definition) is 1. The van der Waals surface area contributed by atoms with Crippen molar-refractivity contribution in [2.75, 3.05) is 16.8 Å². The zero-order valence-electron chi connectivity index (χ0n) is 11.5. The van der Waals surface area contributed by atoms with Crippen LogP contribution in [0.1, 0.15) is 25.8 Å². The van der Waals surface area contributed by atoms with Gasteiger partial charge in [0.2, 0.25) is 0 Å². The van der Waals surface area contributed by atoms with Crippen molar-refractivity contribution < 1.29 is 4.92 Å². The fourth-order valence-electron chi connectivity index (χ4n) is 2.44. The van der Waals surface area contributed by atoms with Crippen molar-refractivity contribution in [3.8, 4) is 6.07 Å². The number of hydrogen-bond acceptors (Lipinski definition) is 5. The highest BCUT2D eigenvalue weighted by atomic mass is 32.2. The van der Waals surface area contributed by atoms with E-state index in [-0.39, 0.29) is 17.1 Å². The van der Waals surface area contributed by atoms with Gasteiger partial charge < -0.3 is 5.32 Å². The highest BCUT2D eigenvalue weighted by molar-refractivity contribution is 7.99. The molecule has 1 N–H and O–H groups in total. The van der Waals surface area contributed by atoms with Gasteiger partial charge in [-0.25, -0.2) is 0 Å². The summed E-state index contributed by atoms with van der Waals surface area (Å²) < 4.78 is 0. The van der Waals surface area contributed by atoms with Crippen LogP contribution >= 0.6 is 11.8 Å². The number of nitro benzene ring substituents is 1. The van der Waals surface area contributed by atoms with E-state index >= 15 is 0 Å². The Morgan fingerprint density at radius 1 is 1.55 bits per heavy atom. The van der Waals surface area contributed by atoms with Crippen LogP contribution in [0.25, 0.3) is 0 Å². The highest BCUT2D eigenvalue weighted by Crippen LogP contribution is 2.35. The molecule has 0 radical (unpaired) electrons. The summed E-state index contributed by atoms with van der Waals surface area (Å²) in [5, 5.41) is 23.2. The van der Waals surface area contributed by atoms with Gasteiger partial charge in [0.25, 0.3) is 5.69 Å². The van der Waals surface area contributed by atoms with Gasteiger partial charge in [-0.05, 0) is 23.7 Å². The maximum absolute atomic E-state index is 10.7. The predicted molar refractivity (Wildman–Crippen MR) is 80.9 cm³/mol. The number of nitrogens with zero attached hydrogens (tertiary/aromatic N) is 2. The van der Waals surface area contributed by atoms with E-state index in [2.05, 4.69) is 19.2 Å². The first-order valence-electron chi connectivity index (χ1n) is 6.44. The van der Waals surface area contributed by atoms with Crippen molar-refractivity contribution in [3.05, 3.63) is 33.9 Å². The number of rotatable bonds is 3. The number of anilines is 1. The van der Waals surface area contributed by atoms with E-state index in [9.17, 15) is 10.1 Å². The van der Waals surface area contributed by atoms with Crippen LogP contribution in [-0.2, 0) is 0 Å². The molecule has 0 bridgehead atoms. The minimum atomic E-state index is -0.482. The number of benzene rings is 1.